The van der Waals surface area contributed by atoms with Crippen LogP contribution >= 0.6 is 0 Å². The van der Waals surface area contributed by atoms with Gasteiger partial charge in [0.15, 0.2) is 6.10 Å². The van der Waals surface area contributed by atoms with Crippen molar-refractivity contribution in [3.8, 4) is 0 Å². The minimum atomic E-state index is -0.765. The number of hydrogen-bond acceptors (Lipinski definition) is 5. The Bertz CT molecular complexity index is 617. The zero-order valence-corrected chi connectivity index (χ0v) is 28.7. The second-order valence-electron chi connectivity index (χ2n) is 12.7. The molecule has 5 heteroatoms. The Morgan fingerprint density at radius 2 is 0.860 bits per heavy atom. The summed E-state index contributed by atoms with van der Waals surface area (Å²) in [5.41, 5.74) is 0. The monoisotopic (exact) mass is 609 g/mol. The zero-order valence-electron chi connectivity index (χ0n) is 28.7. The molecule has 0 saturated carbocycles. The average Bonchev–Trinajstić information content (AvgIpc) is 3.01. The Kier molecular flexibility index (Phi) is 34.0. The molecule has 0 bridgehead atoms. The molecule has 1 atom stereocenters. The smallest absolute Gasteiger partial charge is 0.306 e. The maximum atomic E-state index is 12.1. The number of carbonyl (C=O) groups is 2. The van der Waals surface area contributed by atoms with Gasteiger partial charge in [0.05, 0.1) is 6.61 Å². The van der Waals surface area contributed by atoms with Gasteiger partial charge in [0.25, 0.3) is 0 Å². The summed E-state index contributed by atoms with van der Waals surface area (Å²) in [4.78, 5) is 24.2. The quantitative estimate of drug-likeness (QED) is 0.0447. The second kappa shape index (κ2) is 35.1. The molecule has 0 radical (unpaired) electrons. The number of rotatable bonds is 34. The summed E-state index contributed by atoms with van der Waals surface area (Å²) in [6, 6.07) is 0. The van der Waals surface area contributed by atoms with Gasteiger partial charge in [0.1, 0.15) is 6.61 Å². The van der Waals surface area contributed by atoms with E-state index < -0.39 is 6.10 Å². The van der Waals surface area contributed by atoms with E-state index in [0.29, 0.717) is 12.8 Å². The van der Waals surface area contributed by atoms with Gasteiger partial charge >= 0.3 is 11.9 Å². The van der Waals surface area contributed by atoms with Crippen molar-refractivity contribution in [2.45, 2.75) is 206 Å². The third kappa shape index (κ3) is 33.4. The SMILES string of the molecule is CCCCCCCCC=CCCCCCCCCCC(=O)OCC(CO)OC(=O)CCCCCCCCCCCCCC. The highest BCUT2D eigenvalue weighted by molar-refractivity contribution is 5.70. The van der Waals surface area contributed by atoms with E-state index in [1.54, 1.807) is 0 Å². The Morgan fingerprint density at radius 1 is 0.512 bits per heavy atom. The molecule has 0 aromatic heterocycles. The summed E-state index contributed by atoms with van der Waals surface area (Å²) in [5, 5.41) is 9.52. The van der Waals surface area contributed by atoms with Crippen LogP contribution in [0.4, 0.5) is 0 Å². The van der Waals surface area contributed by atoms with Crippen LogP contribution in [0.3, 0.4) is 0 Å². The largest absolute Gasteiger partial charge is 0.462 e. The van der Waals surface area contributed by atoms with E-state index in [1.807, 2.05) is 0 Å². The lowest BCUT2D eigenvalue weighted by atomic mass is 10.0. The molecular formula is C38H72O5. The highest BCUT2D eigenvalue weighted by Gasteiger charge is 2.16. The van der Waals surface area contributed by atoms with Crippen molar-refractivity contribution in [3.05, 3.63) is 12.2 Å². The molecule has 0 spiro atoms. The van der Waals surface area contributed by atoms with E-state index >= 15 is 0 Å². The number of ether oxygens (including phenoxy) is 2. The summed E-state index contributed by atoms with van der Waals surface area (Å²) < 4.78 is 10.6. The van der Waals surface area contributed by atoms with E-state index in [1.165, 1.54) is 135 Å². The first kappa shape index (κ1) is 41.6. The molecule has 0 aliphatic heterocycles. The Balaban J connectivity index is 3.53. The average molecular weight is 609 g/mol. The van der Waals surface area contributed by atoms with Crippen LogP contribution in [0, 0.1) is 0 Å². The molecule has 5 nitrogen and oxygen atoms in total. The van der Waals surface area contributed by atoms with Crippen molar-refractivity contribution in [2.75, 3.05) is 13.2 Å². The first-order valence-corrected chi connectivity index (χ1v) is 18.7. The maximum absolute atomic E-state index is 12.1. The van der Waals surface area contributed by atoms with Crippen molar-refractivity contribution in [1.82, 2.24) is 0 Å². The highest BCUT2D eigenvalue weighted by Crippen LogP contribution is 2.14. The third-order valence-corrected chi connectivity index (χ3v) is 8.31. The Morgan fingerprint density at radius 3 is 1.26 bits per heavy atom. The number of hydrogen-bond donors (Lipinski definition) is 1. The number of unbranched alkanes of at least 4 members (excludes halogenated alkanes) is 24. The fourth-order valence-electron chi connectivity index (χ4n) is 5.43. The van der Waals surface area contributed by atoms with Crippen LogP contribution in [-0.4, -0.2) is 36.4 Å². The van der Waals surface area contributed by atoms with Gasteiger partial charge in [-0.15, -0.1) is 0 Å². The van der Waals surface area contributed by atoms with Gasteiger partial charge < -0.3 is 14.6 Å². The molecular weight excluding hydrogens is 536 g/mol. The van der Waals surface area contributed by atoms with Gasteiger partial charge in [-0.1, -0.05) is 161 Å². The van der Waals surface area contributed by atoms with Gasteiger partial charge in [-0.05, 0) is 38.5 Å². The van der Waals surface area contributed by atoms with Gasteiger partial charge in [-0.25, -0.2) is 0 Å². The molecule has 0 rings (SSSR count). The predicted octanol–water partition coefficient (Wildman–Crippen LogP) is 11.3. The first-order valence-electron chi connectivity index (χ1n) is 18.7. The van der Waals surface area contributed by atoms with Crippen LogP contribution in [0.1, 0.15) is 200 Å². The molecule has 0 saturated heterocycles. The lowest BCUT2D eigenvalue weighted by Gasteiger charge is -2.15. The van der Waals surface area contributed by atoms with E-state index in [9.17, 15) is 14.7 Å². The van der Waals surface area contributed by atoms with Gasteiger partial charge in [-0.2, -0.15) is 0 Å². The van der Waals surface area contributed by atoms with E-state index in [-0.39, 0.29) is 25.2 Å². The summed E-state index contributed by atoms with van der Waals surface area (Å²) in [7, 11) is 0. The van der Waals surface area contributed by atoms with Crippen molar-refractivity contribution in [2.24, 2.45) is 0 Å². The zero-order chi connectivity index (χ0) is 31.5. The van der Waals surface area contributed by atoms with Crippen LogP contribution in [0.2, 0.25) is 0 Å². The van der Waals surface area contributed by atoms with Crippen molar-refractivity contribution < 1.29 is 24.2 Å². The van der Waals surface area contributed by atoms with Crippen LogP contribution in [0.15, 0.2) is 12.2 Å². The normalized spacial score (nSPS) is 12.2. The molecule has 0 aliphatic rings. The lowest BCUT2D eigenvalue weighted by Crippen LogP contribution is -2.28. The molecule has 1 unspecified atom stereocenters. The van der Waals surface area contributed by atoms with Gasteiger partial charge in [0, 0.05) is 12.8 Å². The Labute approximate surface area is 267 Å². The molecule has 43 heavy (non-hydrogen) atoms. The minimum absolute atomic E-state index is 0.0626. The van der Waals surface area contributed by atoms with Crippen LogP contribution in [-0.2, 0) is 19.1 Å². The number of aliphatic hydroxyl groups is 1. The third-order valence-electron chi connectivity index (χ3n) is 8.31. The molecule has 0 aromatic carbocycles. The van der Waals surface area contributed by atoms with Crippen molar-refractivity contribution >= 4 is 11.9 Å². The predicted molar refractivity (Wildman–Crippen MR) is 182 cm³/mol. The van der Waals surface area contributed by atoms with E-state index in [4.69, 9.17) is 9.47 Å². The summed E-state index contributed by atoms with van der Waals surface area (Å²) in [6.07, 6.45) is 38.4. The number of esters is 2. The van der Waals surface area contributed by atoms with Crippen LogP contribution in [0.5, 0.6) is 0 Å². The fraction of sp³-hybridized carbons (Fsp3) is 0.895. The number of allylic oxidation sites excluding steroid dienone is 2. The van der Waals surface area contributed by atoms with Gasteiger partial charge in [0.2, 0.25) is 0 Å². The van der Waals surface area contributed by atoms with Gasteiger partial charge in [-0.3, -0.25) is 9.59 Å². The number of carbonyl (C=O) groups excluding carboxylic acids is 2. The molecule has 0 fully saturated rings. The summed E-state index contributed by atoms with van der Waals surface area (Å²) >= 11 is 0. The van der Waals surface area contributed by atoms with Crippen LogP contribution in [0.25, 0.3) is 0 Å². The standard InChI is InChI=1S/C38H72O5/c1-3-5-7-9-11-13-15-17-18-19-20-21-23-24-26-28-30-32-37(40)42-35-36(34-39)43-38(41)33-31-29-27-25-22-16-14-12-10-8-6-4-2/h17-18,36,39H,3-16,19-35H2,1-2H3. The lowest BCUT2D eigenvalue weighted by molar-refractivity contribution is -0.161. The van der Waals surface area contributed by atoms with E-state index in [2.05, 4.69) is 26.0 Å². The first-order chi connectivity index (χ1) is 21.1. The van der Waals surface area contributed by atoms with Crippen molar-refractivity contribution in [1.29, 1.82) is 0 Å². The molecule has 0 aromatic rings. The topological polar surface area (TPSA) is 72.8 Å². The number of aliphatic hydroxyl groups excluding tert-OH is 1. The molecule has 1 N–H and O–H groups in total. The van der Waals surface area contributed by atoms with Crippen molar-refractivity contribution in [3.63, 3.8) is 0 Å². The van der Waals surface area contributed by atoms with Crippen LogP contribution < -0.4 is 0 Å². The maximum Gasteiger partial charge on any atom is 0.306 e. The minimum Gasteiger partial charge on any atom is -0.462 e. The molecule has 254 valence electrons. The fourth-order valence-corrected chi connectivity index (χ4v) is 5.43. The molecule has 0 amide bonds. The molecule has 0 aliphatic carbocycles. The highest BCUT2D eigenvalue weighted by atomic mass is 16.6. The second-order valence-corrected chi connectivity index (χ2v) is 12.7. The molecule has 0 heterocycles. The Hall–Kier alpha value is -1.36. The van der Waals surface area contributed by atoms with E-state index in [0.717, 1.165) is 38.5 Å². The summed E-state index contributed by atoms with van der Waals surface area (Å²) in [5.74, 6) is -0.588. The summed E-state index contributed by atoms with van der Waals surface area (Å²) in [6.45, 7) is 4.13.